The van der Waals surface area contributed by atoms with E-state index in [0.717, 1.165) is 5.56 Å². The van der Waals surface area contributed by atoms with E-state index >= 15 is 0 Å². The Morgan fingerprint density at radius 3 is 2.46 bits per heavy atom. The molecule has 0 fully saturated rings. The van der Waals surface area contributed by atoms with E-state index in [4.69, 9.17) is 10.8 Å². The molecular weight excluding hydrogens is 353 g/mol. The Balaban J connectivity index is 2.64. The van der Waals surface area contributed by atoms with Crippen molar-refractivity contribution in [3.05, 3.63) is 65.0 Å². The molecule has 0 aliphatic heterocycles. The number of nitrogens with one attached hydrogen (secondary N) is 1. The third kappa shape index (κ3) is 5.37. The van der Waals surface area contributed by atoms with Crippen molar-refractivity contribution >= 4 is 11.0 Å². The van der Waals surface area contributed by atoms with Crippen molar-refractivity contribution in [3.8, 4) is 5.75 Å². The largest absolute Gasteiger partial charge is 0.467 e. The lowest BCUT2D eigenvalue weighted by atomic mass is 9.98. The molecule has 26 heavy (non-hydrogen) atoms. The van der Waals surface area contributed by atoms with Crippen molar-refractivity contribution in [2.24, 2.45) is 0 Å². The molecule has 2 atom stereocenters. The molecule has 6 heteroatoms. The first-order chi connectivity index (χ1) is 12.6. The first kappa shape index (κ1) is 19.0. The van der Waals surface area contributed by atoms with E-state index < -0.39 is 27.6 Å². The summed E-state index contributed by atoms with van der Waals surface area (Å²) in [5.74, 6) is -0.228. The highest BCUT2D eigenvalue weighted by atomic mass is 32.2. The Kier molecular flexibility index (Phi) is 6.40. The second kappa shape index (κ2) is 8.75. The smallest absolute Gasteiger partial charge is 0.188 e. The van der Waals surface area contributed by atoms with Gasteiger partial charge in [0.1, 0.15) is 11.6 Å². The molecule has 0 aromatic heterocycles. The minimum atomic E-state index is -1.68. The van der Waals surface area contributed by atoms with Crippen LogP contribution in [0.15, 0.2) is 42.5 Å². The van der Waals surface area contributed by atoms with Crippen LogP contribution in [0.4, 0.5) is 4.39 Å². The Bertz CT molecular complexity index is 808. The Hall–Kier alpha value is -1.76. The summed E-state index contributed by atoms with van der Waals surface area (Å²) < 4.78 is 48.8. The van der Waals surface area contributed by atoms with Gasteiger partial charge in [-0.15, -0.1) is 0 Å². The lowest BCUT2D eigenvalue weighted by Crippen LogP contribution is -2.36. The summed E-state index contributed by atoms with van der Waals surface area (Å²) in [6.45, 7) is 7.30. The zero-order chi connectivity index (χ0) is 20.2. The van der Waals surface area contributed by atoms with E-state index in [1.807, 2.05) is 19.1 Å². The van der Waals surface area contributed by atoms with Crippen molar-refractivity contribution < 1.29 is 19.4 Å². The molecule has 2 aromatic rings. The lowest BCUT2D eigenvalue weighted by Gasteiger charge is -2.26. The van der Waals surface area contributed by atoms with Crippen molar-refractivity contribution in [1.82, 2.24) is 4.72 Å². The molecule has 0 aliphatic carbocycles. The number of halogens is 1. The zero-order valence-electron chi connectivity index (χ0n) is 16.8. The third-order valence-electron chi connectivity index (χ3n) is 3.63. The van der Waals surface area contributed by atoms with Crippen LogP contribution in [0.1, 0.15) is 44.9 Å². The highest BCUT2D eigenvalue weighted by molar-refractivity contribution is 7.84. The molecule has 0 amide bonds. The topological polar surface area (TPSA) is 47.6 Å². The van der Waals surface area contributed by atoms with Crippen molar-refractivity contribution in [2.75, 3.05) is 13.9 Å². The van der Waals surface area contributed by atoms with E-state index in [9.17, 15) is 8.60 Å². The van der Waals surface area contributed by atoms with Crippen molar-refractivity contribution in [1.29, 1.82) is 0 Å². The van der Waals surface area contributed by atoms with Crippen LogP contribution in [0.25, 0.3) is 0 Å². The fourth-order valence-electron chi connectivity index (χ4n) is 2.18. The van der Waals surface area contributed by atoms with Gasteiger partial charge in [0.15, 0.2) is 6.79 Å². The number of hydrogen-bond donors (Lipinski definition) is 1. The van der Waals surface area contributed by atoms with Gasteiger partial charge in [-0.2, -0.15) is 0 Å². The Morgan fingerprint density at radius 2 is 1.88 bits per heavy atom. The van der Waals surface area contributed by atoms with E-state index in [1.54, 1.807) is 32.9 Å². The summed E-state index contributed by atoms with van der Waals surface area (Å²) in [5.41, 5.74) is 1.77. The van der Waals surface area contributed by atoms with Crippen LogP contribution < -0.4 is 9.46 Å². The number of hydrogen-bond acceptors (Lipinski definition) is 3. The average molecular weight is 381 g/mol. The summed E-state index contributed by atoms with van der Waals surface area (Å²) in [5, 5.41) is 0. The second-order valence-corrected chi connectivity index (χ2v) is 8.88. The van der Waals surface area contributed by atoms with Gasteiger partial charge in [0.25, 0.3) is 0 Å². The molecule has 0 aliphatic rings. The van der Waals surface area contributed by atoms with Gasteiger partial charge in [-0.25, -0.2) is 13.3 Å². The van der Waals surface area contributed by atoms with Gasteiger partial charge in [-0.3, -0.25) is 0 Å². The van der Waals surface area contributed by atoms with Gasteiger partial charge >= 0.3 is 0 Å². The predicted molar refractivity (Wildman–Crippen MR) is 103 cm³/mol. The molecule has 0 heterocycles. The van der Waals surface area contributed by atoms with Gasteiger partial charge in [0, 0.05) is 12.7 Å². The molecule has 0 unspecified atom stereocenters. The molecule has 0 spiro atoms. The minimum Gasteiger partial charge on any atom is -0.467 e. The Labute approximate surface area is 158 Å². The number of benzene rings is 2. The van der Waals surface area contributed by atoms with Crippen molar-refractivity contribution in [3.63, 3.8) is 0 Å². The lowest BCUT2D eigenvalue weighted by molar-refractivity contribution is 0.0502. The zero-order valence-corrected chi connectivity index (χ0v) is 16.6. The molecule has 4 nitrogen and oxygen atoms in total. The van der Waals surface area contributed by atoms with Gasteiger partial charge < -0.3 is 9.47 Å². The number of rotatable bonds is 7. The maximum atomic E-state index is 14.1. The number of ether oxygens (including phenoxy) is 2. The first-order valence-electron chi connectivity index (χ1n) is 8.76. The molecule has 0 bridgehead atoms. The van der Waals surface area contributed by atoms with Crippen LogP contribution in [-0.4, -0.2) is 22.9 Å². The van der Waals surface area contributed by atoms with Crippen LogP contribution in [0.3, 0.4) is 0 Å². The maximum absolute atomic E-state index is 14.1. The summed E-state index contributed by atoms with van der Waals surface area (Å²) in [6.07, 6.45) is 0. The van der Waals surface area contributed by atoms with E-state index in [1.165, 1.54) is 25.3 Å². The maximum Gasteiger partial charge on any atom is 0.188 e. The van der Waals surface area contributed by atoms with Gasteiger partial charge in [0.2, 0.25) is 0 Å². The number of methoxy groups -OCH3 is 1. The quantitative estimate of drug-likeness (QED) is 0.730. The van der Waals surface area contributed by atoms with Crippen LogP contribution in [0, 0.1) is 12.7 Å². The minimum absolute atomic E-state index is 0.0506. The molecule has 2 rings (SSSR count). The average Bonchev–Trinajstić information content (AvgIpc) is 2.60. The molecule has 0 radical (unpaired) electrons. The fourth-order valence-corrected chi connectivity index (χ4v) is 2.90. The van der Waals surface area contributed by atoms with Gasteiger partial charge in [-0.1, -0.05) is 29.8 Å². The van der Waals surface area contributed by atoms with Gasteiger partial charge in [0.05, 0.1) is 23.1 Å². The highest BCUT2D eigenvalue weighted by Crippen LogP contribution is 2.32. The Morgan fingerprint density at radius 1 is 1.23 bits per heavy atom. The molecule has 0 saturated heterocycles. The summed E-state index contributed by atoms with van der Waals surface area (Å²) in [4.78, 5) is 0. The van der Waals surface area contributed by atoms with E-state index in [2.05, 4.69) is 4.72 Å². The van der Waals surface area contributed by atoms with Crippen LogP contribution >= 0.6 is 0 Å². The molecule has 2 aromatic carbocycles. The first-order valence-corrected chi connectivity index (χ1v) is 9.41. The van der Waals surface area contributed by atoms with Crippen molar-refractivity contribution in [2.45, 2.75) is 38.5 Å². The van der Waals surface area contributed by atoms with Crippen LogP contribution in [0.5, 0.6) is 5.75 Å². The van der Waals surface area contributed by atoms with Crippen LogP contribution in [0.2, 0.25) is 0 Å². The normalized spacial score (nSPS) is 15.8. The highest BCUT2D eigenvalue weighted by Gasteiger charge is 2.27. The molecular formula is C20H26FNO3S. The monoisotopic (exact) mass is 380 g/mol. The third-order valence-corrected chi connectivity index (χ3v) is 5.14. The second-order valence-electron chi connectivity index (χ2n) is 6.92. The predicted octanol–water partition coefficient (Wildman–Crippen LogP) is 4.26. The molecule has 142 valence electrons. The fraction of sp³-hybridized carbons (Fsp3) is 0.400. The van der Waals surface area contributed by atoms with Gasteiger partial charge in [-0.05, 0) is 51.5 Å². The summed E-state index contributed by atoms with van der Waals surface area (Å²) in [6, 6.07) is 9.49. The summed E-state index contributed by atoms with van der Waals surface area (Å²) >= 11 is 0. The SMILES string of the molecule is [2H][C@@](N[S@](=O)C(C)(C)C)(c1ccc(C)cc1)c1cc(F)ccc1OCOC. The summed E-state index contributed by atoms with van der Waals surface area (Å²) in [7, 11) is -0.104. The van der Waals surface area contributed by atoms with E-state index in [-0.39, 0.29) is 18.1 Å². The molecule has 0 saturated carbocycles. The van der Waals surface area contributed by atoms with Crippen LogP contribution in [-0.2, 0) is 15.7 Å². The van der Waals surface area contributed by atoms with E-state index in [0.29, 0.717) is 5.56 Å². The number of aryl methyl sites for hydroxylation is 1. The standard InChI is InChI=1S/C20H26FNO3S/c1-14-6-8-15(9-7-14)19(22-26(23)20(2,3)4)17-12-16(21)10-11-18(17)25-13-24-5/h6-12,19,22H,13H2,1-5H3/t19-,26-/m1/s1/i19D. The molecule has 1 N–H and O–H groups in total.